The van der Waals surface area contributed by atoms with Crippen molar-refractivity contribution < 1.29 is 9.94 Å². The molecule has 1 aliphatic rings. The van der Waals surface area contributed by atoms with E-state index in [2.05, 4.69) is 48.5 Å². The summed E-state index contributed by atoms with van der Waals surface area (Å²) in [4.78, 5) is 5.96. The lowest BCUT2D eigenvalue weighted by molar-refractivity contribution is 0.0406. The van der Waals surface area contributed by atoms with Crippen LogP contribution in [-0.2, 0) is 4.84 Å². The van der Waals surface area contributed by atoms with Gasteiger partial charge in [0, 0.05) is 6.42 Å². The van der Waals surface area contributed by atoms with Crippen molar-refractivity contribution in [2.75, 3.05) is 11.7 Å². The van der Waals surface area contributed by atoms with Gasteiger partial charge in [-0.2, -0.15) is 0 Å². The van der Waals surface area contributed by atoms with E-state index < -0.39 is 0 Å². The van der Waals surface area contributed by atoms with Crippen LogP contribution in [0.15, 0.2) is 84.9 Å². The van der Waals surface area contributed by atoms with Gasteiger partial charge in [-0.3, -0.25) is 4.84 Å². The Hall–Kier alpha value is -2.62. The van der Waals surface area contributed by atoms with Crippen LogP contribution in [0.3, 0.4) is 0 Å². The maximum absolute atomic E-state index is 9.54. The van der Waals surface area contributed by atoms with E-state index in [1.807, 2.05) is 41.5 Å². The van der Waals surface area contributed by atoms with Gasteiger partial charge in [-0.1, -0.05) is 72.8 Å². The Bertz CT molecular complexity index is 802. The van der Waals surface area contributed by atoms with Crippen LogP contribution in [0.5, 0.6) is 0 Å². The number of aliphatic hydroxyl groups excluding tert-OH is 1. The van der Waals surface area contributed by atoms with Gasteiger partial charge in [-0.15, -0.1) is 0 Å². The van der Waals surface area contributed by atoms with E-state index in [1.165, 1.54) is 16.7 Å². The Morgan fingerprint density at radius 3 is 2.04 bits per heavy atom. The van der Waals surface area contributed by atoms with Crippen molar-refractivity contribution in [2.45, 2.75) is 18.6 Å². The summed E-state index contributed by atoms with van der Waals surface area (Å²) in [7, 11) is 0. The number of hydroxylamine groups is 1. The van der Waals surface area contributed by atoms with Crippen molar-refractivity contribution in [1.82, 2.24) is 0 Å². The van der Waals surface area contributed by atoms with Crippen molar-refractivity contribution in [3.8, 4) is 11.1 Å². The highest BCUT2D eigenvalue weighted by Gasteiger charge is 2.34. The Labute approximate surface area is 148 Å². The quantitative estimate of drug-likeness (QED) is 0.758. The topological polar surface area (TPSA) is 32.7 Å². The first-order chi connectivity index (χ1) is 12.3. The maximum Gasteiger partial charge on any atom is 0.111 e. The first kappa shape index (κ1) is 15.9. The van der Waals surface area contributed by atoms with Crippen molar-refractivity contribution in [1.29, 1.82) is 0 Å². The van der Waals surface area contributed by atoms with Crippen LogP contribution < -0.4 is 5.06 Å². The number of aliphatic hydroxyl groups is 1. The standard InChI is InChI=1S/C22H21NO2/c24-16-21-15-22(23(25-21)20-9-5-2-6-10-20)19-13-11-18(12-14-19)17-7-3-1-4-8-17/h1-14,21-22,24H,15-16H2. The molecule has 0 spiro atoms. The lowest BCUT2D eigenvalue weighted by atomic mass is 9.98. The van der Waals surface area contributed by atoms with E-state index in [9.17, 15) is 5.11 Å². The van der Waals surface area contributed by atoms with Gasteiger partial charge in [0.2, 0.25) is 0 Å². The summed E-state index contributed by atoms with van der Waals surface area (Å²) in [6, 6.07) is 29.2. The molecule has 4 rings (SSSR count). The van der Waals surface area contributed by atoms with Crippen molar-refractivity contribution in [3.63, 3.8) is 0 Å². The molecule has 2 atom stereocenters. The molecule has 0 saturated carbocycles. The molecule has 1 fully saturated rings. The molecule has 0 amide bonds. The first-order valence-electron chi connectivity index (χ1n) is 8.62. The van der Waals surface area contributed by atoms with Gasteiger partial charge >= 0.3 is 0 Å². The van der Waals surface area contributed by atoms with E-state index >= 15 is 0 Å². The Kier molecular flexibility index (Phi) is 4.51. The molecule has 2 unspecified atom stereocenters. The summed E-state index contributed by atoms with van der Waals surface area (Å²) in [5.74, 6) is 0. The third kappa shape index (κ3) is 3.29. The average Bonchev–Trinajstić information content (AvgIpc) is 3.14. The minimum Gasteiger partial charge on any atom is -0.394 e. The highest BCUT2D eigenvalue weighted by Crippen LogP contribution is 2.38. The van der Waals surface area contributed by atoms with Gasteiger partial charge < -0.3 is 5.11 Å². The predicted octanol–water partition coefficient (Wildman–Crippen LogP) is 4.60. The van der Waals surface area contributed by atoms with Gasteiger partial charge in [0.1, 0.15) is 6.10 Å². The van der Waals surface area contributed by atoms with Crippen LogP contribution in [0, 0.1) is 0 Å². The minimum absolute atomic E-state index is 0.0297. The highest BCUT2D eigenvalue weighted by molar-refractivity contribution is 5.63. The van der Waals surface area contributed by atoms with E-state index in [4.69, 9.17) is 4.84 Å². The van der Waals surface area contributed by atoms with Crippen molar-refractivity contribution in [3.05, 3.63) is 90.5 Å². The van der Waals surface area contributed by atoms with E-state index in [-0.39, 0.29) is 18.8 Å². The predicted molar refractivity (Wildman–Crippen MR) is 100 cm³/mol. The molecular formula is C22H21NO2. The molecule has 1 aliphatic heterocycles. The fraction of sp³-hybridized carbons (Fsp3) is 0.182. The fourth-order valence-corrected chi connectivity index (χ4v) is 3.35. The normalized spacial score (nSPS) is 20.0. The summed E-state index contributed by atoms with van der Waals surface area (Å²) < 4.78 is 0. The summed E-state index contributed by atoms with van der Waals surface area (Å²) in [5.41, 5.74) is 4.62. The van der Waals surface area contributed by atoms with Crippen molar-refractivity contribution in [2.24, 2.45) is 0 Å². The Balaban J connectivity index is 1.62. The molecule has 126 valence electrons. The molecule has 1 saturated heterocycles. The molecule has 0 aromatic heterocycles. The fourth-order valence-electron chi connectivity index (χ4n) is 3.35. The van der Waals surface area contributed by atoms with Gasteiger partial charge in [0.15, 0.2) is 0 Å². The zero-order valence-electron chi connectivity index (χ0n) is 14.0. The van der Waals surface area contributed by atoms with Crippen LogP contribution in [0.1, 0.15) is 18.0 Å². The molecule has 1 N–H and O–H groups in total. The molecule has 0 aliphatic carbocycles. The van der Waals surface area contributed by atoms with Gasteiger partial charge in [-0.25, -0.2) is 5.06 Å². The molecule has 3 aromatic carbocycles. The summed E-state index contributed by atoms with van der Waals surface area (Å²) in [5, 5.41) is 11.5. The summed E-state index contributed by atoms with van der Waals surface area (Å²) in [6.45, 7) is 0.0297. The lowest BCUT2D eigenvalue weighted by Crippen LogP contribution is -2.22. The average molecular weight is 331 g/mol. The van der Waals surface area contributed by atoms with Crippen molar-refractivity contribution >= 4 is 5.69 Å². The first-order valence-corrected chi connectivity index (χ1v) is 8.62. The monoisotopic (exact) mass is 331 g/mol. The second-order valence-corrected chi connectivity index (χ2v) is 6.31. The van der Waals surface area contributed by atoms with Gasteiger partial charge in [0.25, 0.3) is 0 Å². The zero-order chi connectivity index (χ0) is 17.1. The summed E-state index contributed by atoms with van der Waals surface area (Å²) in [6.07, 6.45) is 0.606. The number of benzene rings is 3. The highest BCUT2D eigenvalue weighted by atomic mass is 16.7. The third-order valence-electron chi connectivity index (χ3n) is 4.65. The number of hydrogen-bond acceptors (Lipinski definition) is 3. The summed E-state index contributed by atoms with van der Waals surface area (Å²) >= 11 is 0. The Morgan fingerprint density at radius 2 is 1.40 bits per heavy atom. The van der Waals surface area contributed by atoms with E-state index in [1.54, 1.807) is 0 Å². The minimum atomic E-state index is -0.168. The lowest BCUT2D eigenvalue weighted by Gasteiger charge is -2.25. The zero-order valence-corrected chi connectivity index (χ0v) is 14.0. The maximum atomic E-state index is 9.54. The van der Waals surface area contributed by atoms with Crippen LogP contribution in [0.4, 0.5) is 5.69 Å². The van der Waals surface area contributed by atoms with Gasteiger partial charge in [-0.05, 0) is 28.8 Å². The van der Waals surface area contributed by atoms with E-state index in [0.717, 1.165) is 12.1 Å². The van der Waals surface area contributed by atoms with E-state index in [0.29, 0.717) is 0 Å². The largest absolute Gasteiger partial charge is 0.394 e. The molecule has 0 radical (unpaired) electrons. The molecular weight excluding hydrogens is 310 g/mol. The molecule has 1 heterocycles. The van der Waals surface area contributed by atoms with Crippen LogP contribution in [-0.4, -0.2) is 17.8 Å². The van der Waals surface area contributed by atoms with Crippen LogP contribution >= 0.6 is 0 Å². The van der Waals surface area contributed by atoms with Gasteiger partial charge in [0.05, 0.1) is 18.3 Å². The molecule has 0 bridgehead atoms. The molecule has 25 heavy (non-hydrogen) atoms. The Morgan fingerprint density at radius 1 is 0.800 bits per heavy atom. The second-order valence-electron chi connectivity index (χ2n) is 6.31. The SMILES string of the molecule is OCC1CC(c2ccc(-c3ccccc3)cc2)N(c2ccccc2)O1. The molecule has 3 nitrogen and oxygen atoms in total. The number of nitrogens with zero attached hydrogens (tertiary/aromatic N) is 1. The molecule has 3 heteroatoms. The number of anilines is 1. The van der Waals surface area contributed by atoms with Crippen LogP contribution in [0.25, 0.3) is 11.1 Å². The molecule has 3 aromatic rings. The number of hydrogen-bond donors (Lipinski definition) is 1. The third-order valence-corrected chi connectivity index (χ3v) is 4.65. The smallest absolute Gasteiger partial charge is 0.111 e. The second kappa shape index (κ2) is 7.09. The number of para-hydroxylation sites is 1. The van der Waals surface area contributed by atoms with Crippen LogP contribution in [0.2, 0.25) is 0 Å². The number of rotatable bonds is 4.